The van der Waals surface area contributed by atoms with Gasteiger partial charge in [-0.15, -0.1) is 0 Å². The third-order valence-corrected chi connectivity index (χ3v) is 5.94. The number of ether oxygens (including phenoxy) is 1. The number of hydrogen-bond acceptors (Lipinski definition) is 5. The molecule has 0 spiro atoms. The zero-order valence-corrected chi connectivity index (χ0v) is 16.3. The predicted octanol–water partition coefficient (Wildman–Crippen LogP) is 2.33. The topological polar surface area (TPSA) is 78.8 Å². The van der Waals surface area contributed by atoms with E-state index in [1.54, 1.807) is 0 Å². The number of hydrogen-bond donors (Lipinski definition) is 3. The zero-order valence-electron chi connectivity index (χ0n) is 15.5. The lowest BCUT2D eigenvalue weighted by Gasteiger charge is -2.31. The van der Waals surface area contributed by atoms with Gasteiger partial charge in [-0.1, -0.05) is 41.9 Å². The van der Waals surface area contributed by atoms with Crippen molar-refractivity contribution >= 4 is 17.4 Å². The van der Waals surface area contributed by atoms with E-state index in [4.69, 9.17) is 16.3 Å². The van der Waals surface area contributed by atoms with Crippen molar-refractivity contribution in [1.82, 2.24) is 5.32 Å². The second-order valence-corrected chi connectivity index (χ2v) is 7.91. The lowest BCUT2D eigenvalue weighted by atomic mass is 9.92. The van der Waals surface area contributed by atoms with Gasteiger partial charge in [0.25, 0.3) is 0 Å². The molecular formula is C22H24ClNO4. The number of Topliss-reactive ketones (excluding diaryl/α,β-unsaturated/α-hetero) is 1. The maximum atomic E-state index is 11.9. The lowest BCUT2D eigenvalue weighted by Crippen LogP contribution is -2.43. The Hall–Kier alpha value is -1.76. The normalized spacial score (nSPS) is 24.8. The molecule has 2 aromatic rings. The van der Waals surface area contributed by atoms with Crippen molar-refractivity contribution in [3.05, 3.63) is 69.2 Å². The van der Waals surface area contributed by atoms with Crippen molar-refractivity contribution in [2.75, 3.05) is 13.2 Å². The molecular weight excluding hydrogens is 378 g/mol. The van der Waals surface area contributed by atoms with Crippen LogP contribution in [-0.4, -0.2) is 41.4 Å². The third-order valence-electron chi connectivity index (χ3n) is 5.57. The molecule has 0 bridgehead atoms. The van der Waals surface area contributed by atoms with Crippen molar-refractivity contribution in [2.24, 2.45) is 0 Å². The van der Waals surface area contributed by atoms with E-state index in [9.17, 15) is 15.0 Å². The first-order valence-corrected chi connectivity index (χ1v) is 10.0. The average Bonchev–Trinajstić information content (AvgIpc) is 2.71. The summed E-state index contributed by atoms with van der Waals surface area (Å²) in [5.74, 6) is -0.462. The van der Waals surface area contributed by atoms with Gasteiger partial charge in [-0.25, -0.2) is 0 Å². The maximum absolute atomic E-state index is 11.9. The quantitative estimate of drug-likeness (QED) is 0.732. The average molecular weight is 402 g/mol. The van der Waals surface area contributed by atoms with Gasteiger partial charge >= 0.3 is 0 Å². The van der Waals surface area contributed by atoms with Crippen molar-refractivity contribution in [3.8, 4) is 0 Å². The number of aliphatic hydroxyl groups is 2. The molecule has 1 unspecified atom stereocenters. The van der Waals surface area contributed by atoms with Crippen LogP contribution in [0.3, 0.4) is 0 Å². The number of fused-ring (bicyclic) bond motifs is 1. The SMILES string of the molecule is O=C1C(O)C[C@H](c2ccc(Cl)c(Cc3ccc4c(c3)CNCC4)c2)O[C@@H]1CO. The molecule has 2 heterocycles. The third kappa shape index (κ3) is 4.00. The van der Waals surface area contributed by atoms with E-state index in [0.29, 0.717) is 11.4 Å². The molecule has 0 saturated carbocycles. The molecule has 0 radical (unpaired) electrons. The standard InChI is InChI=1S/C22H24ClNO4/c23-18-4-3-15(20-10-19(26)22(27)21(12-25)28-20)9-16(18)7-13-1-2-14-5-6-24-11-17(14)8-13/h1-4,8-9,19-21,24-26H,5-7,10-12H2/t19?,20-,21-/m1/s1. The van der Waals surface area contributed by atoms with E-state index >= 15 is 0 Å². The van der Waals surface area contributed by atoms with Crippen LogP contribution in [0.5, 0.6) is 0 Å². The van der Waals surface area contributed by atoms with Gasteiger partial charge in [-0.2, -0.15) is 0 Å². The maximum Gasteiger partial charge on any atom is 0.192 e. The first-order chi connectivity index (χ1) is 13.5. The molecule has 1 saturated heterocycles. The molecule has 2 aromatic carbocycles. The van der Waals surface area contributed by atoms with Crippen LogP contribution >= 0.6 is 11.6 Å². The summed E-state index contributed by atoms with van der Waals surface area (Å²) in [5.41, 5.74) is 5.74. The summed E-state index contributed by atoms with van der Waals surface area (Å²) in [5, 5.41) is 23.4. The van der Waals surface area contributed by atoms with Crippen LogP contribution in [-0.2, 0) is 28.9 Å². The van der Waals surface area contributed by atoms with E-state index in [1.165, 1.54) is 16.7 Å². The number of aliphatic hydroxyl groups excluding tert-OH is 2. The highest BCUT2D eigenvalue weighted by atomic mass is 35.5. The molecule has 2 aliphatic rings. The van der Waals surface area contributed by atoms with Gasteiger partial charge in [0.15, 0.2) is 5.78 Å². The van der Waals surface area contributed by atoms with Crippen LogP contribution in [0.15, 0.2) is 36.4 Å². The molecule has 148 valence electrons. The number of ketones is 1. The second kappa shape index (κ2) is 8.31. The van der Waals surface area contributed by atoms with Crippen LogP contribution < -0.4 is 5.32 Å². The summed E-state index contributed by atoms with van der Waals surface area (Å²) < 4.78 is 5.71. The summed E-state index contributed by atoms with van der Waals surface area (Å²) in [7, 11) is 0. The fourth-order valence-electron chi connectivity index (χ4n) is 4.00. The van der Waals surface area contributed by atoms with Gasteiger partial charge in [0.05, 0.1) is 12.7 Å². The Kier molecular flexibility index (Phi) is 5.80. The first-order valence-electron chi connectivity index (χ1n) is 9.63. The number of rotatable bonds is 4. The minimum Gasteiger partial charge on any atom is -0.393 e. The van der Waals surface area contributed by atoms with Gasteiger partial charge in [-0.3, -0.25) is 4.79 Å². The van der Waals surface area contributed by atoms with Crippen molar-refractivity contribution in [1.29, 1.82) is 0 Å². The Bertz CT molecular complexity index is 885. The van der Waals surface area contributed by atoms with Gasteiger partial charge in [0.1, 0.15) is 12.2 Å². The molecule has 4 rings (SSSR count). The van der Waals surface area contributed by atoms with E-state index in [-0.39, 0.29) is 6.42 Å². The molecule has 2 aliphatic heterocycles. The van der Waals surface area contributed by atoms with Crippen molar-refractivity contribution < 1.29 is 19.7 Å². The Morgan fingerprint density at radius 3 is 2.86 bits per heavy atom. The van der Waals surface area contributed by atoms with E-state index in [0.717, 1.165) is 30.6 Å². The van der Waals surface area contributed by atoms with Crippen LogP contribution in [0.25, 0.3) is 0 Å². The Balaban J connectivity index is 1.57. The number of halogens is 1. The Labute approximate surface area is 169 Å². The molecule has 3 atom stereocenters. The second-order valence-electron chi connectivity index (χ2n) is 7.51. The fraction of sp³-hybridized carbons (Fsp3) is 0.409. The molecule has 28 heavy (non-hydrogen) atoms. The summed E-state index contributed by atoms with van der Waals surface area (Å²) in [6.07, 6.45) is -0.631. The largest absolute Gasteiger partial charge is 0.393 e. The molecule has 0 aromatic heterocycles. The zero-order chi connectivity index (χ0) is 19.7. The molecule has 3 N–H and O–H groups in total. The van der Waals surface area contributed by atoms with Crippen LogP contribution in [0.1, 0.15) is 40.3 Å². The highest BCUT2D eigenvalue weighted by Gasteiger charge is 2.36. The van der Waals surface area contributed by atoms with Crippen LogP contribution in [0, 0.1) is 0 Å². The monoisotopic (exact) mass is 401 g/mol. The molecule has 6 heteroatoms. The molecule has 0 aliphatic carbocycles. The van der Waals surface area contributed by atoms with Gasteiger partial charge < -0.3 is 20.3 Å². The number of benzene rings is 2. The first kappa shape index (κ1) is 19.6. The molecule has 5 nitrogen and oxygen atoms in total. The number of nitrogens with one attached hydrogen (secondary N) is 1. The van der Waals surface area contributed by atoms with Gasteiger partial charge in [0, 0.05) is 18.0 Å². The van der Waals surface area contributed by atoms with Crippen molar-refractivity contribution in [3.63, 3.8) is 0 Å². The number of carbonyl (C=O) groups is 1. The highest BCUT2D eigenvalue weighted by Crippen LogP contribution is 2.33. The smallest absolute Gasteiger partial charge is 0.192 e. The minimum atomic E-state index is -1.12. The fourth-order valence-corrected chi connectivity index (χ4v) is 4.18. The van der Waals surface area contributed by atoms with Gasteiger partial charge in [0.2, 0.25) is 0 Å². The van der Waals surface area contributed by atoms with E-state index in [2.05, 4.69) is 23.5 Å². The molecule has 1 fully saturated rings. The summed E-state index contributed by atoms with van der Waals surface area (Å²) in [4.78, 5) is 11.9. The Morgan fingerprint density at radius 2 is 2.04 bits per heavy atom. The predicted molar refractivity (Wildman–Crippen MR) is 106 cm³/mol. The molecule has 0 amide bonds. The lowest BCUT2D eigenvalue weighted by molar-refractivity contribution is -0.161. The summed E-state index contributed by atoms with van der Waals surface area (Å²) in [6.45, 7) is 1.47. The van der Waals surface area contributed by atoms with E-state index < -0.39 is 30.7 Å². The van der Waals surface area contributed by atoms with Crippen molar-refractivity contribution in [2.45, 2.75) is 44.1 Å². The Morgan fingerprint density at radius 1 is 1.18 bits per heavy atom. The number of carbonyl (C=O) groups excluding carboxylic acids is 1. The van der Waals surface area contributed by atoms with E-state index in [1.807, 2.05) is 18.2 Å². The van der Waals surface area contributed by atoms with Gasteiger partial charge in [-0.05, 0) is 53.3 Å². The minimum absolute atomic E-state index is 0.181. The summed E-state index contributed by atoms with van der Waals surface area (Å²) in [6, 6.07) is 12.2. The van der Waals surface area contributed by atoms with Crippen LogP contribution in [0.2, 0.25) is 5.02 Å². The highest BCUT2D eigenvalue weighted by molar-refractivity contribution is 6.31. The summed E-state index contributed by atoms with van der Waals surface area (Å²) >= 11 is 6.44. The van der Waals surface area contributed by atoms with Crippen LogP contribution in [0.4, 0.5) is 0 Å².